The third kappa shape index (κ3) is 2.06. The van der Waals surface area contributed by atoms with E-state index in [2.05, 4.69) is 12.2 Å². The summed E-state index contributed by atoms with van der Waals surface area (Å²) < 4.78 is 10.6. The second-order valence-corrected chi connectivity index (χ2v) is 3.56. The molecule has 0 amide bonds. The van der Waals surface area contributed by atoms with E-state index in [4.69, 9.17) is 15.2 Å². The zero-order valence-corrected chi connectivity index (χ0v) is 7.16. The van der Waals surface area contributed by atoms with Crippen molar-refractivity contribution in [2.45, 2.75) is 31.1 Å². The molecule has 0 aromatic carbocycles. The first-order chi connectivity index (χ1) is 5.79. The Bertz CT molecular complexity index is 187. The molecule has 1 saturated heterocycles. The Morgan fingerprint density at radius 2 is 2.50 bits per heavy atom. The first-order valence-electron chi connectivity index (χ1n) is 4.50. The van der Waals surface area contributed by atoms with Gasteiger partial charge in [0.15, 0.2) is 5.72 Å². The predicted octanol–water partition coefficient (Wildman–Crippen LogP) is 0.797. The maximum atomic E-state index is 5.69. The van der Waals surface area contributed by atoms with Crippen LogP contribution in [-0.4, -0.2) is 25.0 Å². The lowest BCUT2D eigenvalue weighted by molar-refractivity contribution is 0.0366. The van der Waals surface area contributed by atoms with Gasteiger partial charge in [-0.2, -0.15) is 0 Å². The molecule has 2 aliphatic rings. The SMILES string of the molecule is N[C@]1(COC2C=CCCC2)CO1. The first kappa shape index (κ1) is 8.23. The summed E-state index contributed by atoms with van der Waals surface area (Å²) in [6.07, 6.45) is 8.08. The summed E-state index contributed by atoms with van der Waals surface area (Å²) in [6.45, 7) is 1.17. The molecule has 0 bridgehead atoms. The van der Waals surface area contributed by atoms with E-state index in [1.165, 1.54) is 12.8 Å². The van der Waals surface area contributed by atoms with Gasteiger partial charge in [0, 0.05) is 0 Å². The molecule has 1 heterocycles. The number of nitrogens with two attached hydrogens (primary N) is 1. The molecule has 3 nitrogen and oxygen atoms in total. The summed E-state index contributed by atoms with van der Waals surface area (Å²) in [5, 5.41) is 0. The zero-order chi connectivity index (χ0) is 8.44. The Balaban J connectivity index is 1.71. The highest BCUT2D eigenvalue weighted by molar-refractivity contribution is 4.95. The molecule has 0 aromatic rings. The van der Waals surface area contributed by atoms with Crippen LogP contribution in [0.2, 0.25) is 0 Å². The highest BCUT2D eigenvalue weighted by Crippen LogP contribution is 2.22. The molecule has 0 spiro atoms. The number of rotatable bonds is 3. The average Bonchev–Trinajstić information content (AvgIpc) is 2.84. The first-order valence-corrected chi connectivity index (χ1v) is 4.50. The molecule has 0 radical (unpaired) electrons. The van der Waals surface area contributed by atoms with Crippen LogP contribution in [0.1, 0.15) is 19.3 Å². The van der Waals surface area contributed by atoms with Crippen molar-refractivity contribution in [1.82, 2.24) is 0 Å². The van der Waals surface area contributed by atoms with Gasteiger partial charge in [0.05, 0.1) is 19.3 Å². The molecule has 68 valence electrons. The van der Waals surface area contributed by atoms with Gasteiger partial charge in [-0.05, 0) is 19.3 Å². The fourth-order valence-corrected chi connectivity index (χ4v) is 1.34. The topological polar surface area (TPSA) is 47.8 Å². The van der Waals surface area contributed by atoms with Crippen LogP contribution in [0.4, 0.5) is 0 Å². The number of epoxide rings is 1. The number of hydrogen-bond acceptors (Lipinski definition) is 3. The van der Waals surface area contributed by atoms with E-state index in [1.807, 2.05) is 0 Å². The van der Waals surface area contributed by atoms with E-state index in [1.54, 1.807) is 0 Å². The van der Waals surface area contributed by atoms with E-state index >= 15 is 0 Å². The maximum Gasteiger partial charge on any atom is 0.164 e. The standard InChI is InChI=1S/C9H15NO2/c10-9(7-12-9)6-11-8-4-2-1-3-5-8/h2,4,8H,1,3,5-7,10H2/t8?,9-/m0/s1. The fraction of sp³-hybridized carbons (Fsp3) is 0.778. The average molecular weight is 169 g/mol. The van der Waals surface area contributed by atoms with Gasteiger partial charge in [0.2, 0.25) is 0 Å². The van der Waals surface area contributed by atoms with Gasteiger partial charge in [-0.1, -0.05) is 12.2 Å². The van der Waals surface area contributed by atoms with Crippen molar-refractivity contribution in [3.05, 3.63) is 12.2 Å². The Morgan fingerprint density at radius 1 is 1.67 bits per heavy atom. The molecule has 0 aromatic heterocycles. The van der Waals surface area contributed by atoms with Gasteiger partial charge in [-0.25, -0.2) is 0 Å². The van der Waals surface area contributed by atoms with Crippen molar-refractivity contribution in [3.8, 4) is 0 Å². The summed E-state index contributed by atoms with van der Waals surface area (Å²) >= 11 is 0. The summed E-state index contributed by atoms with van der Waals surface area (Å²) in [6, 6.07) is 0. The van der Waals surface area contributed by atoms with Gasteiger partial charge < -0.3 is 9.47 Å². The van der Waals surface area contributed by atoms with Gasteiger partial charge in [-0.15, -0.1) is 0 Å². The zero-order valence-electron chi connectivity index (χ0n) is 7.16. The van der Waals surface area contributed by atoms with Crippen LogP contribution in [0, 0.1) is 0 Å². The molecule has 1 aliphatic heterocycles. The van der Waals surface area contributed by atoms with Crippen LogP contribution in [0.15, 0.2) is 12.2 Å². The molecular weight excluding hydrogens is 154 g/mol. The predicted molar refractivity (Wildman–Crippen MR) is 45.6 cm³/mol. The number of ether oxygens (including phenoxy) is 2. The third-order valence-electron chi connectivity index (χ3n) is 2.27. The number of allylic oxidation sites excluding steroid dienone is 1. The van der Waals surface area contributed by atoms with Crippen LogP contribution in [0.3, 0.4) is 0 Å². The maximum absolute atomic E-state index is 5.69. The summed E-state index contributed by atoms with van der Waals surface area (Å²) in [5.74, 6) is 0. The highest BCUT2D eigenvalue weighted by atomic mass is 16.6. The fourth-order valence-electron chi connectivity index (χ4n) is 1.34. The van der Waals surface area contributed by atoms with Crippen LogP contribution in [-0.2, 0) is 9.47 Å². The van der Waals surface area contributed by atoms with Crippen molar-refractivity contribution in [2.24, 2.45) is 5.73 Å². The molecule has 0 saturated carbocycles. The van der Waals surface area contributed by atoms with Crippen LogP contribution < -0.4 is 5.73 Å². The smallest absolute Gasteiger partial charge is 0.164 e. The lowest BCUT2D eigenvalue weighted by atomic mass is 10.1. The van der Waals surface area contributed by atoms with Crippen molar-refractivity contribution in [1.29, 1.82) is 0 Å². The van der Waals surface area contributed by atoms with Gasteiger partial charge >= 0.3 is 0 Å². The van der Waals surface area contributed by atoms with Crippen molar-refractivity contribution >= 4 is 0 Å². The molecule has 12 heavy (non-hydrogen) atoms. The Labute approximate surface area is 72.5 Å². The molecule has 2 rings (SSSR count). The molecule has 3 heteroatoms. The second-order valence-electron chi connectivity index (χ2n) is 3.56. The summed E-state index contributed by atoms with van der Waals surface area (Å²) in [4.78, 5) is 0. The monoisotopic (exact) mass is 169 g/mol. The van der Waals surface area contributed by atoms with Gasteiger partial charge in [-0.3, -0.25) is 5.73 Å². The molecule has 1 fully saturated rings. The quantitative estimate of drug-likeness (QED) is 0.502. The lowest BCUT2D eigenvalue weighted by Crippen LogP contribution is -2.32. The minimum Gasteiger partial charge on any atom is -0.370 e. The Kier molecular flexibility index (Phi) is 2.17. The van der Waals surface area contributed by atoms with Gasteiger partial charge in [0.1, 0.15) is 0 Å². The molecule has 1 aliphatic carbocycles. The Hall–Kier alpha value is -0.380. The number of hydrogen-bond donors (Lipinski definition) is 1. The lowest BCUT2D eigenvalue weighted by Gasteiger charge is -2.18. The Morgan fingerprint density at radius 3 is 3.08 bits per heavy atom. The van der Waals surface area contributed by atoms with E-state index < -0.39 is 5.72 Å². The molecule has 2 atom stereocenters. The minimum atomic E-state index is -0.453. The van der Waals surface area contributed by atoms with Crippen LogP contribution in [0.25, 0.3) is 0 Å². The molecular formula is C9H15NO2. The minimum absolute atomic E-state index is 0.267. The van der Waals surface area contributed by atoms with Crippen LogP contribution >= 0.6 is 0 Å². The largest absolute Gasteiger partial charge is 0.370 e. The molecule has 2 N–H and O–H groups in total. The van der Waals surface area contributed by atoms with Crippen molar-refractivity contribution in [3.63, 3.8) is 0 Å². The van der Waals surface area contributed by atoms with Crippen molar-refractivity contribution in [2.75, 3.05) is 13.2 Å². The van der Waals surface area contributed by atoms with E-state index in [0.717, 1.165) is 6.42 Å². The van der Waals surface area contributed by atoms with E-state index in [-0.39, 0.29) is 6.10 Å². The van der Waals surface area contributed by atoms with Crippen molar-refractivity contribution < 1.29 is 9.47 Å². The highest BCUT2D eigenvalue weighted by Gasteiger charge is 2.41. The molecule has 1 unspecified atom stereocenters. The van der Waals surface area contributed by atoms with Crippen LogP contribution in [0.5, 0.6) is 0 Å². The summed E-state index contributed by atoms with van der Waals surface area (Å²) in [7, 11) is 0. The van der Waals surface area contributed by atoms with Gasteiger partial charge in [0.25, 0.3) is 0 Å². The second kappa shape index (κ2) is 3.17. The van der Waals surface area contributed by atoms with E-state index in [9.17, 15) is 0 Å². The normalized spacial score (nSPS) is 39.9. The third-order valence-corrected chi connectivity index (χ3v) is 2.27. The summed E-state index contributed by atoms with van der Waals surface area (Å²) in [5.41, 5.74) is 5.24. The van der Waals surface area contributed by atoms with E-state index in [0.29, 0.717) is 13.2 Å².